The summed E-state index contributed by atoms with van der Waals surface area (Å²) >= 11 is 0. The van der Waals surface area contributed by atoms with E-state index in [2.05, 4.69) is 31.1 Å². The van der Waals surface area contributed by atoms with Gasteiger partial charge in [0, 0.05) is 45.8 Å². The Balaban J connectivity index is 1.63. The van der Waals surface area contributed by atoms with Gasteiger partial charge in [0.15, 0.2) is 5.96 Å². The van der Waals surface area contributed by atoms with E-state index in [9.17, 15) is 0 Å². The van der Waals surface area contributed by atoms with E-state index in [1.54, 1.807) is 0 Å². The summed E-state index contributed by atoms with van der Waals surface area (Å²) < 4.78 is 11.1. The lowest BCUT2D eigenvalue weighted by Gasteiger charge is -2.31. The molecule has 0 aromatic rings. The summed E-state index contributed by atoms with van der Waals surface area (Å²) in [6.45, 7) is 10.8. The second-order valence-electron chi connectivity index (χ2n) is 7.90. The molecular weight excluding hydrogens is 314 g/mol. The predicted molar refractivity (Wildman–Crippen MR) is 104 cm³/mol. The molecule has 0 spiro atoms. The number of nitrogens with zero attached hydrogens (tertiary/aromatic N) is 2. The van der Waals surface area contributed by atoms with Crippen molar-refractivity contribution < 1.29 is 9.47 Å². The van der Waals surface area contributed by atoms with Crippen LogP contribution < -0.4 is 5.32 Å². The smallest absolute Gasteiger partial charge is 0.193 e. The molecule has 1 aliphatic heterocycles. The molecule has 1 aliphatic carbocycles. The van der Waals surface area contributed by atoms with Gasteiger partial charge in [0.25, 0.3) is 0 Å². The van der Waals surface area contributed by atoms with E-state index in [1.165, 1.54) is 25.7 Å². The number of hydrogen-bond acceptors (Lipinski definition) is 3. The molecule has 1 saturated carbocycles. The molecule has 1 unspecified atom stereocenters. The fourth-order valence-electron chi connectivity index (χ4n) is 3.77. The van der Waals surface area contributed by atoms with Crippen LogP contribution in [0.4, 0.5) is 0 Å². The molecule has 0 aromatic heterocycles. The quantitative estimate of drug-likeness (QED) is 0.393. The molecule has 2 aliphatic rings. The largest absolute Gasteiger partial charge is 0.381 e. The minimum Gasteiger partial charge on any atom is -0.381 e. The molecule has 1 heterocycles. The molecule has 0 bridgehead atoms. The first-order valence-corrected chi connectivity index (χ1v) is 10.3. The monoisotopic (exact) mass is 353 g/mol. The van der Waals surface area contributed by atoms with Gasteiger partial charge < -0.3 is 19.7 Å². The van der Waals surface area contributed by atoms with Crippen molar-refractivity contribution in [2.45, 2.75) is 52.4 Å². The Morgan fingerprint density at radius 3 is 2.68 bits per heavy atom. The van der Waals surface area contributed by atoms with Crippen LogP contribution in [0.1, 0.15) is 52.4 Å². The zero-order valence-corrected chi connectivity index (χ0v) is 16.6. The molecule has 2 rings (SSSR count). The van der Waals surface area contributed by atoms with Crippen LogP contribution in [0, 0.1) is 17.8 Å². The Hall–Kier alpha value is -0.810. The molecule has 1 saturated heterocycles. The Labute approximate surface area is 154 Å². The predicted octanol–water partition coefficient (Wildman–Crippen LogP) is 3.15. The van der Waals surface area contributed by atoms with Crippen molar-refractivity contribution in [1.29, 1.82) is 0 Å². The molecule has 0 aromatic carbocycles. The number of nitrogens with one attached hydrogen (secondary N) is 1. The number of rotatable bonds is 9. The summed E-state index contributed by atoms with van der Waals surface area (Å²) in [5.41, 5.74) is 0. The van der Waals surface area contributed by atoms with Crippen molar-refractivity contribution in [3.8, 4) is 0 Å². The molecule has 146 valence electrons. The first kappa shape index (κ1) is 20.5. The molecule has 5 heteroatoms. The summed E-state index contributed by atoms with van der Waals surface area (Å²) in [4.78, 5) is 7.11. The highest BCUT2D eigenvalue weighted by Gasteiger charge is 2.20. The van der Waals surface area contributed by atoms with Crippen molar-refractivity contribution in [1.82, 2.24) is 10.2 Å². The minimum absolute atomic E-state index is 0.602. The topological polar surface area (TPSA) is 46.1 Å². The average Bonchev–Trinajstić information content (AvgIpc) is 3.12. The highest BCUT2D eigenvalue weighted by molar-refractivity contribution is 5.79. The molecule has 0 radical (unpaired) electrons. The maximum Gasteiger partial charge on any atom is 0.193 e. The third-order valence-electron chi connectivity index (χ3n) is 5.45. The van der Waals surface area contributed by atoms with Crippen LogP contribution in [0.3, 0.4) is 0 Å². The van der Waals surface area contributed by atoms with Crippen LogP contribution in [0.25, 0.3) is 0 Å². The van der Waals surface area contributed by atoms with E-state index in [1.807, 2.05) is 0 Å². The molecule has 5 nitrogen and oxygen atoms in total. The number of ether oxygens (including phenoxy) is 2. The molecule has 0 amide bonds. The SMILES string of the molecule is CCNC(=NCCCOCC1CCOC1)N(C)CC1CCC(C)CC1. The molecule has 1 atom stereocenters. The minimum atomic E-state index is 0.602. The van der Waals surface area contributed by atoms with Gasteiger partial charge in [-0.3, -0.25) is 4.99 Å². The third-order valence-corrected chi connectivity index (χ3v) is 5.45. The Kier molecular flexibility index (Phi) is 9.63. The van der Waals surface area contributed by atoms with Gasteiger partial charge in [-0.05, 0) is 44.4 Å². The average molecular weight is 354 g/mol. The van der Waals surface area contributed by atoms with Crippen LogP contribution in [-0.4, -0.2) is 64.0 Å². The van der Waals surface area contributed by atoms with Gasteiger partial charge in [-0.25, -0.2) is 0 Å². The lowest BCUT2D eigenvalue weighted by Crippen LogP contribution is -2.42. The highest BCUT2D eigenvalue weighted by Crippen LogP contribution is 2.28. The lowest BCUT2D eigenvalue weighted by atomic mass is 9.83. The summed E-state index contributed by atoms with van der Waals surface area (Å²) in [5, 5.41) is 3.43. The fourth-order valence-corrected chi connectivity index (χ4v) is 3.77. The van der Waals surface area contributed by atoms with Gasteiger partial charge in [-0.1, -0.05) is 19.8 Å². The molecule has 1 N–H and O–H groups in total. The van der Waals surface area contributed by atoms with Gasteiger partial charge in [-0.2, -0.15) is 0 Å². The highest BCUT2D eigenvalue weighted by atomic mass is 16.5. The van der Waals surface area contributed by atoms with Gasteiger partial charge in [0.05, 0.1) is 13.2 Å². The van der Waals surface area contributed by atoms with Gasteiger partial charge in [0.1, 0.15) is 0 Å². The number of aliphatic imine (C=N–C) groups is 1. The first-order valence-electron chi connectivity index (χ1n) is 10.3. The Morgan fingerprint density at radius 2 is 2.00 bits per heavy atom. The molecule has 2 fully saturated rings. The number of guanidine groups is 1. The lowest BCUT2D eigenvalue weighted by molar-refractivity contribution is 0.0893. The van der Waals surface area contributed by atoms with Crippen molar-refractivity contribution in [2.75, 3.05) is 53.1 Å². The maximum atomic E-state index is 5.77. The second-order valence-corrected chi connectivity index (χ2v) is 7.90. The summed E-state index contributed by atoms with van der Waals surface area (Å²) in [5.74, 6) is 3.39. The van der Waals surface area contributed by atoms with Crippen molar-refractivity contribution in [2.24, 2.45) is 22.7 Å². The van der Waals surface area contributed by atoms with E-state index >= 15 is 0 Å². The summed E-state index contributed by atoms with van der Waals surface area (Å²) in [7, 11) is 2.18. The Bertz CT molecular complexity index is 375. The molecular formula is C20H39N3O2. The van der Waals surface area contributed by atoms with E-state index in [0.29, 0.717) is 5.92 Å². The summed E-state index contributed by atoms with van der Waals surface area (Å²) in [6.07, 6.45) is 7.63. The van der Waals surface area contributed by atoms with Crippen molar-refractivity contribution in [3.05, 3.63) is 0 Å². The van der Waals surface area contributed by atoms with Gasteiger partial charge in [0.2, 0.25) is 0 Å². The van der Waals surface area contributed by atoms with Crippen molar-refractivity contribution >= 4 is 5.96 Å². The van der Waals surface area contributed by atoms with Crippen LogP contribution in [-0.2, 0) is 9.47 Å². The molecule has 25 heavy (non-hydrogen) atoms. The summed E-state index contributed by atoms with van der Waals surface area (Å²) in [6, 6.07) is 0. The number of hydrogen-bond donors (Lipinski definition) is 1. The standard InChI is InChI=1S/C20H39N3O2/c1-4-21-20(23(3)14-18-8-6-17(2)7-9-18)22-11-5-12-24-15-19-10-13-25-16-19/h17-19H,4-16H2,1-3H3,(H,21,22). The van der Waals surface area contributed by atoms with E-state index < -0.39 is 0 Å². The normalized spacial score (nSPS) is 27.5. The zero-order chi connectivity index (χ0) is 17.9. The first-order chi connectivity index (χ1) is 12.2. The maximum absolute atomic E-state index is 5.77. The van der Waals surface area contributed by atoms with E-state index in [0.717, 1.165) is 76.7 Å². The van der Waals surface area contributed by atoms with Gasteiger partial charge >= 0.3 is 0 Å². The fraction of sp³-hybridized carbons (Fsp3) is 0.950. The van der Waals surface area contributed by atoms with E-state index in [4.69, 9.17) is 14.5 Å². The van der Waals surface area contributed by atoms with Crippen LogP contribution in [0.2, 0.25) is 0 Å². The van der Waals surface area contributed by atoms with Gasteiger partial charge in [-0.15, -0.1) is 0 Å². The van der Waals surface area contributed by atoms with Crippen LogP contribution in [0.15, 0.2) is 4.99 Å². The van der Waals surface area contributed by atoms with Crippen LogP contribution >= 0.6 is 0 Å². The second kappa shape index (κ2) is 11.7. The Morgan fingerprint density at radius 1 is 1.20 bits per heavy atom. The van der Waals surface area contributed by atoms with Crippen LogP contribution in [0.5, 0.6) is 0 Å². The third kappa shape index (κ3) is 7.95. The zero-order valence-electron chi connectivity index (χ0n) is 16.6. The van der Waals surface area contributed by atoms with E-state index in [-0.39, 0.29) is 0 Å². The van der Waals surface area contributed by atoms with Crippen molar-refractivity contribution in [3.63, 3.8) is 0 Å².